The predicted molar refractivity (Wildman–Crippen MR) is 98.5 cm³/mol. The van der Waals surface area contributed by atoms with Gasteiger partial charge < -0.3 is 5.11 Å². The van der Waals surface area contributed by atoms with Gasteiger partial charge in [-0.3, -0.25) is 0 Å². The Bertz CT molecular complexity index is 1020. The predicted octanol–water partition coefficient (Wildman–Crippen LogP) is 3.92. The van der Waals surface area contributed by atoms with E-state index in [1.807, 2.05) is 6.07 Å². The van der Waals surface area contributed by atoms with Gasteiger partial charge in [-0.15, -0.1) is 0 Å². The van der Waals surface area contributed by atoms with Crippen molar-refractivity contribution in [3.8, 4) is 5.75 Å². The maximum atomic E-state index is 10.3. The minimum Gasteiger partial charge on any atom is -0.506 e. The Hall–Kier alpha value is -1.54. The standard InChI is InChI=1S/C21H21BrO/c1-12(2)13-4-3-5-14-15(13)6-7-17-16(14)8-9-19-18(17)10-11-20(22)21(19)23/h6-7,9-12,23H,3-5,8H2,1-2H3. The first kappa shape index (κ1) is 15.0. The van der Waals surface area contributed by atoms with Gasteiger partial charge in [0.1, 0.15) is 5.75 Å². The Morgan fingerprint density at radius 2 is 1.70 bits per heavy atom. The van der Waals surface area contributed by atoms with E-state index in [9.17, 15) is 5.11 Å². The van der Waals surface area contributed by atoms with Crippen LogP contribution in [0.1, 0.15) is 37.8 Å². The van der Waals surface area contributed by atoms with Crippen LogP contribution in [-0.2, 0) is 12.8 Å². The molecule has 0 radical (unpaired) electrons. The van der Waals surface area contributed by atoms with Crippen LogP contribution in [0.5, 0.6) is 5.75 Å². The van der Waals surface area contributed by atoms with E-state index in [-0.39, 0.29) is 0 Å². The molecule has 0 fully saturated rings. The van der Waals surface area contributed by atoms with E-state index in [0.29, 0.717) is 11.7 Å². The molecular formula is C21H21BrO. The quantitative estimate of drug-likeness (QED) is 0.808. The fourth-order valence-electron chi connectivity index (χ4n) is 4.18. The Kier molecular flexibility index (Phi) is 3.60. The molecule has 0 unspecified atom stereocenters. The van der Waals surface area contributed by atoms with Crippen LogP contribution < -0.4 is 10.4 Å². The first-order chi connectivity index (χ1) is 11.1. The molecule has 0 aromatic heterocycles. The molecule has 0 saturated carbocycles. The largest absolute Gasteiger partial charge is 0.506 e. The van der Waals surface area contributed by atoms with E-state index in [1.165, 1.54) is 35.3 Å². The number of rotatable bonds is 1. The number of hydrogen-bond acceptors (Lipinski definition) is 1. The lowest BCUT2D eigenvalue weighted by Gasteiger charge is -2.22. The third kappa shape index (κ3) is 2.27. The van der Waals surface area contributed by atoms with Crippen LogP contribution in [0.4, 0.5) is 0 Å². The van der Waals surface area contributed by atoms with E-state index in [0.717, 1.165) is 21.3 Å². The van der Waals surface area contributed by atoms with Crippen LogP contribution in [0, 0.1) is 16.4 Å². The van der Waals surface area contributed by atoms with E-state index < -0.39 is 0 Å². The highest BCUT2D eigenvalue weighted by Crippen LogP contribution is 2.26. The highest BCUT2D eigenvalue weighted by Gasteiger charge is 2.17. The fourth-order valence-corrected chi connectivity index (χ4v) is 4.53. The molecule has 2 aliphatic carbocycles. The zero-order chi connectivity index (χ0) is 16.1. The van der Waals surface area contributed by atoms with Gasteiger partial charge in [0.15, 0.2) is 0 Å². The zero-order valence-corrected chi connectivity index (χ0v) is 15.2. The van der Waals surface area contributed by atoms with Crippen LogP contribution in [0.3, 0.4) is 0 Å². The van der Waals surface area contributed by atoms with Crippen molar-refractivity contribution >= 4 is 27.6 Å². The molecule has 2 aromatic carbocycles. The van der Waals surface area contributed by atoms with Gasteiger partial charge in [0.25, 0.3) is 0 Å². The number of halogens is 1. The van der Waals surface area contributed by atoms with Crippen molar-refractivity contribution in [3.05, 3.63) is 60.7 Å². The van der Waals surface area contributed by atoms with Gasteiger partial charge in [0, 0.05) is 5.22 Å². The molecule has 118 valence electrons. The van der Waals surface area contributed by atoms with Crippen molar-refractivity contribution in [2.45, 2.75) is 39.5 Å². The van der Waals surface area contributed by atoms with Crippen molar-refractivity contribution in [2.24, 2.45) is 5.92 Å². The first-order valence-corrected chi connectivity index (χ1v) is 9.23. The summed E-state index contributed by atoms with van der Waals surface area (Å²) in [5.41, 5.74) is 4.62. The lowest BCUT2D eigenvalue weighted by atomic mass is 9.83. The third-order valence-electron chi connectivity index (χ3n) is 5.32. The minimum atomic E-state index is 0.361. The number of benzene rings is 2. The van der Waals surface area contributed by atoms with Gasteiger partial charge in [-0.25, -0.2) is 0 Å². The number of hydrogen-bond donors (Lipinski definition) is 1. The van der Waals surface area contributed by atoms with Gasteiger partial charge >= 0.3 is 0 Å². The normalized spacial score (nSPS) is 15.7. The van der Waals surface area contributed by atoms with Crippen LogP contribution in [0.15, 0.2) is 28.7 Å². The van der Waals surface area contributed by atoms with Crippen LogP contribution in [-0.4, -0.2) is 5.11 Å². The molecule has 0 aliphatic heterocycles. The summed E-state index contributed by atoms with van der Waals surface area (Å²) in [7, 11) is 0. The van der Waals surface area contributed by atoms with Crippen molar-refractivity contribution < 1.29 is 5.11 Å². The zero-order valence-electron chi connectivity index (χ0n) is 13.6. The molecule has 23 heavy (non-hydrogen) atoms. The van der Waals surface area contributed by atoms with Crippen molar-refractivity contribution in [1.29, 1.82) is 0 Å². The second-order valence-corrected chi connectivity index (χ2v) is 7.77. The van der Waals surface area contributed by atoms with E-state index in [1.54, 1.807) is 11.1 Å². The maximum Gasteiger partial charge on any atom is 0.137 e. The molecule has 1 N–H and O–H groups in total. The van der Waals surface area contributed by atoms with Crippen LogP contribution in [0.2, 0.25) is 0 Å². The second kappa shape index (κ2) is 5.52. The summed E-state index contributed by atoms with van der Waals surface area (Å²) < 4.78 is 0.768. The molecule has 0 saturated heterocycles. The second-order valence-electron chi connectivity index (χ2n) is 6.92. The lowest BCUT2D eigenvalue weighted by molar-refractivity contribution is 0.466. The van der Waals surface area contributed by atoms with Gasteiger partial charge in [-0.05, 0) is 80.4 Å². The molecule has 0 atom stereocenters. The van der Waals surface area contributed by atoms with Gasteiger partial charge in [-0.2, -0.15) is 0 Å². The van der Waals surface area contributed by atoms with E-state index in [2.05, 4.69) is 54.1 Å². The average Bonchev–Trinajstić information content (AvgIpc) is 2.56. The summed E-state index contributed by atoms with van der Waals surface area (Å²) >= 11 is 3.42. The van der Waals surface area contributed by atoms with E-state index >= 15 is 0 Å². The lowest BCUT2D eigenvalue weighted by Crippen LogP contribution is -2.24. The summed E-state index contributed by atoms with van der Waals surface area (Å²) in [4.78, 5) is 0. The molecule has 1 nitrogen and oxygen atoms in total. The van der Waals surface area contributed by atoms with Crippen LogP contribution >= 0.6 is 15.9 Å². The Labute approximate surface area is 144 Å². The topological polar surface area (TPSA) is 20.2 Å². The minimum absolute atomic E-state index is 0.361. The van der Waals surface area contributed by atoms with Crippen molar-refractivity contribution in [3.63, 3.8) is 0 Å². The maximum absolute atomic E-state index is 10.3. The highest BCUT2D eigenvalue weighted by molar-refractivity contribution is 9.10. The molecule has 0 spiro atoms. The smallest absolute Gasteiger partial charge is 0.137 e. The molecular weight excluding hydrogens is 348 g/mol. The van der Waals surface area contributed by atoms with Gasteiger partial charge in [0.05, 0.1) is 4.47 Å². The highest BCUT2D eigenvalue weighted by atomic mass is 79.9. The number of fused-ring (bicyclic) bond motifs is 4. The molecule has 0 bridgehead atoms. The van der Waals surface area contributed by atoms with Crippen molar-refractivity contribution in [1.82, 2.24) is 0 Å². The summed E-state index contributed by atoms with van der Waals surface area (Å²) in [5.74, 6) is 0.979. The Morgan fingerprint density at radius 1 is 0.957 bits per heavy atom. The van der Waals surface area contributed by atoms with Gasteiger partial charge in [-0.1, -0.05) is 43.7 Å². The number of phenols is 1. The summed E-state index contributed by atoms with van der Waals surface area (Å²) in [5, 5.41) is 15.3. The SMILES string of the molecule is CC(C)C1=c2ccc3c(c2CCC1)CC=c1c(O)c(Br)ccc1=3. The Morgan fingerprint density at radius 3 is 2.48 bits per heavy atom. The number of aromatic hydroxyl groups is 1. The van der Waals surface area contributed by atoms with Crippen molar-refractivity contribution in [2.75, 3.05) is 0 Å². The molecule has 2 aromatic rings. The molecule has 2 aliphatic rings. The molecule has 2 heteroatoms. The third-order valence-corrected chi connectivity index (χ3v) is 5.96. The van der Waals surface area contributed by atoms with Gasteiger partial charge in [0.2, 0.25) is 0 Å². The van der Waals surface area contributed by atoms with Crippen LogP contribution in [0.25, 0.3) is 11.6 Å². The average molecular weight is 369 g/mol. The Balaban J connectivity index is 2.17. The number of phenolic OH excluding ortho intramolecular Hbond substituents is 1. The summed E-state index contributed by atoms with van der Waals surface area (Å²) in [6, 6.07) is 8.65. The summed E-state index contributed by atoms with van der Waals surface area (Å²) in [6.07, 6.45) is 6.77. The van der Waals surface area contributed by atoms with E-state index in [4.69, 9.17) is 0 Å². The monoisotopic (exact) mass is 368 g/mol. The first-order valence-electron chi connectivity index (χ1n) is 8.43. The summed E-state index contributed by atoms with van der Waals surface area (Å²) in [6.45, 7) is 4.61. The molecule has 4 rings (SSSR count). The fraction of sp³-hybridized carbons (Fsp3) is 0.333. The molecule has 0 heterocycles. The molecule has 0 amide bonds.